The zero-order valence-electron chi connectivity index (χ0n) is 19.4. The summed E-state index contributed by atoms with van der Waals surface area (Å²) >= 11 is 6.22. The van der Waals surface area contributed by atoms with Crippen molar-refractivity contribution in [3.8, 4) is 11.5 Å². The molecule has 0 aliphatic carbocycles. The third-order valence-corrected chi connectivity index (χ3v) is 6.03. The minimum Gasteiger partial charge on any atom is -0.462 e. The van der Waals surface area contributed by atoms with Crippen molar-refractivity contribution in [2.24, 2.45) is 7.05 Å². The van der Waals surface area contributed by atoms with Crippen LogP contribution in [0, 0.1) is 5.82 Å². The molecule has 0 fully saturated rings. The molecule has 2 aromatic carbocycles. The monoisotopic (exact) mass is 527 g/mol. The fourth-order valence-corrected chi connectivity index (χ4v) is 3.97. The van der Waals surface area contributed by atoms with Crippen LogP contribution in [0.1, 0.15) is 41.3 Å². The second-order valence-electron chi connectivity index (χ2n) is 8.00. The molecule has 0 saturated carbocycles. The van der Waals surface area contributed by atoms with Crippen molar-refractivity contribution in [2.75, 3.05) is 6.61 Å². The number of hydrogen-bond donors (Lipinski definition) is 1. The lowest BCUT2D eigenvalue weighted by Gasteiger charge is -2.37. The van der Waals surface area contributed by atoms with Gasteiger partial charge in [-0.3, -0.25) is 4.79 Å². The van der Waals surface area contributed by atoms with Crippen LogP contribution >= 0.6 is 11.6 Å². The number of aryl methyl sites for hydroxylation is 1. The number of hydrogen-bond acceptors (Lipinski definition) is 5. The average molecular weight is 528 g/mol. The summed E-state index contributed by atoms with van der Waals surface area (Å²) in [7, 11) is 1.27. The molecule has 1 aromatic heterocycles. The van der Waals surface area contributed by atoms with Crippen molar-refractivity contribution in [1.82, 2.24) is 4.57 Å². The Kier molecular flexibility index (Phi) is 7.80. The molecule has 192 valence electrons. The van der Waals surface area contributed by atoms with E-state index in [2.05, 4.69) is 0 Å². The molecule has 1 heterocycles. The molecule has 1 N–H and O–H groups in total. The standard InChI is InChI=1S/C25H22ClF4NO5/c1-4-35-23(33)19-12-17(7-9-21(19)27)36-16-6-8-20(26)18(11-16)14(2)24(34,25(28,29)30)15-5-10-22(32)31(3)13-15/h5-14,34H,4H2,1-3H3/t14-,24-/m0/s1. The summed E-state index contributed by atoms with van der Waals surface area (Å²) in [6, 6.07) is 9.02. The number of aliphatic hydroxyl groups is 1. The quantitative estimate of drug-likeness (QED) is 0.315. The highest BCUT2D eigenvalue weighted by Crippen LogP contribution is 2.50. The number of halogens is 5. The average Bonchev–Trinajstić information content (AvgIpc) is 2.81. The molecule has 0 aliphatic heterocycles. The number of benzene rings is 2. The van der Waals surface area contributed by atoms with Crippen molar-refractivity contribution >= 4 is 17.6 Å². The molecule has 0 unspecified atom stereocenters. The molecule has 0 amide bonds. The third-order valence-electron chi connectivity index (χ3n) is 5.69. The van der Waals surface area contributed by atoms with E-state index in [9.17, 15) is 32.3 Å². The number of nitrogens with zero attached hydrogens (tertiary/aromatic N) is 1. The fraction of sp³-hybridized carbons (Fsp3) is 0.280. The number of carbonyl (C=O) groups excluding carboxylic acids is 1. The lowest BCUT2D eigenvalue weighted by molar-refractivity contribution is -0.274. The fourth-order valence-electron chi connectivity index (χ4n) is 3.69. The maximum absolute atomic E-state index is 14.3. The molecular formula is C25H22ClF4NO5. The molecule has 0 bridgehead atoms. The summed E-state index contributed by atoms with van der Waals surface area (Å²) in [6.07, 6.45) is -4.23. The van der Waals surface area contributed by atoms with Gasteiger partial charge in [0.05, 0.1) is 12.2 Å². The van der Waals surface area contributed by atoms with Crippen molar-refractivity contribution < 1.29 is 36.9 Å². The Balaban J connectivity index is 2.03. The zero-order valence-corrected chi connectivity index (χ0v) is 20.2. The molecule has 0 spiro atoms. The number of alkyl halides is 3. The number of aromatic nitrogens is 1. The van der Waals surface area contributed by atoms with Gasteiger partial charge in [-0.2, -0.15) is 13.2 Å². The molecule has 0 radical (unpaired) electrons. The first-order valence-corrected chi connectivity index (χ1v) is 11.1. The number of rotatable bonds is 7. The predicted molar refractivity (Wildman–Crippen MR) is 124 cm³/mol. The van der Waals surface area contributed by atoms with Gasteiger partial charge in [0.1, 0.15) is 17.3 Å². The largest absolute Gasteiger partial charge is 0.462 e. The summed E-state index contributed by atoms with van der Waals surface area (Å²) in [5, 5.41) is 10.9. The topological polar surface area (TPSA) is 77.8 Å². The van der Waals surface area contributed by atoms with Crippen LogP contribution in [0.15, 0.2) is 59.5 Å². The Morgan fingerprint density at radius 1 is 1.11 bits per heavy atom. The van der Waals surface area contributed by atoms with Crippen molar-refractivity contribution in [3.63, 3.8) is 0 Å². The Morgan fingerprint density at radius 3 is 2.36 bits per heavy atom. The van der Waals surface area contributed by atoms with E-state index in [1.807, 2.05) is 0 Å². The van der Waals surface area contributed by atoms with Gasteiger partial charge in [0.15, 0.2) is 5.60 Å². The van der Waals surface area contributed by atoms with Crippen LogP contribution in [0.3, 0.4) is 0 Å². The lowest BCUT2D eigenvalue weighted by atomic mass is 9.78. The minimum absolute atomic E-state index is 0.0181. The first-order chi connectivity index (χ1) is 16.8. The molecule has 3 aromatic rings. The molecule has 36 heavy (non-hydrogen) atoms. The molecule has 0 aliphatic rings. The van der Waals surface area contributed by atoms with Crippen LogP contribution in [-0.2, 0) is 17.4 Å². The Morgan fingerprint density at radius 2 is 1.75 bits per heavy atom. The van der Waals surface area contributed by atoms with E-state index in [0.717, 1.165) is 42.0 Å². The molecule has 6 nitrogen and oxygen atoms in total. The molecule has 0 saturated heterocycles. The molecule has 3 rings (SSSR count). The highest BCUT2D eigenvalue weighted by atomic mass is 35.5. The van der Waals surface area contributed by atoms with E-state index in [4.69, 9.17) is 21.1 Å². The Hall–Kier alpha value is -3.37. The summed E-state index contributed by atoms with van der Waals surface area (Å²) in [4.78, 5) is 23.6. The van der Waals surface area contributed by atoms with Gasteiger partial charge in [0.2, 0.25) is 5.56 Å². The SMILES string of the molecule is CCOC(=O)c1cc(Oc2ccc(Cl)c([C@H](C)[C@](O)(c3ccc(=O)n(C)c3)C(F)(F)F)c2)ccc1F. The summed E-state index contributed by atoms with van der Waals surface area (Å²) in [6.45, 7) is 2.73. The van der Waals surface area contributed by atoms with Gasteiger partial charge < -0.3 is 19.1 Å². The lowest BCUT2D eigenvalue weighted by Crippen LogP contribution is -2.47. The molecule has 2 atom stereocenters. The minimum atomic E-state index is -5.14. The van der Waals surface area contributed by atoms with Crippen LogP contribution in [-0.4, -0.2) is 28.4 Å². The van der Waals surface area contributed by atoms with Gasteiger partial charge in [0, 0.05) is 35.8 Å². The number of esters is 1. The van der Waals surface area contributed by atoms with Gasteiger partial charge in [-0.05, 0) is 55.0 Å². The highest BCUT2D eigenvalue weighted by Gasteiger charge is 2.59. The third kappa shape index (κ3) is 5.24. The maximum Gasteiger partial charge on any atom is 0.422 e. The Labute approximate surface area is 208 Å². The molecule has 11 heteroatoms. The molecular weight excluding hydrogens is 506 g/mol. The first-order valence-electron chi connectivity index (χ1n) is 10.7. The predicted octanol–water partition coefficient (Wildman–Crippen LogP) is 5.70. The van der Waals surface area contributed by atoms with E-state index < -0.39 is 40.6 Å². The smallest absolute Gasteiger partial charge is 0.422 e. The van der Waals surface area contributed by atoms with Gasteiger partial charge in [-0.15, -0.1) is 0 Å². The normalized spacial score (nSPS) is 14.1. The van der Waals surface area contributed by atoms with Crippen LogP contribution < -0.4 is 10.3 Å². The van der Waals surface area contributed by atoms with Crippen LogP contribution in [0.5, 0.6) is 11.5 Å². The van der Waals surface area contributed by atoms with Gasteiger partial charge in [-0.1, -0.05) is 18.5 Å². The first kappa shape index (κ1) is 27.2. The summed E-state index contributed by atoms with van der Waals surface area (Å²) in [5.74, 6) is -3.34. The van der Waals surface area contributed by atoms with Crippen molar-refractivity contribution in [3.05, 3.63) is 92.6 Å². The van der Waals surface area contributed by atoms with Crippen molar-refractivity contribution in [1.29, 1.82) is 0 Å². The van der Waals surface area contributed by atoms with Crippen LogP contribution in [0.4, 0.5) is 17.6 Å². The number of ether oxygens (including phenoxy) is 2. The summed E-state index contributed by atoms with van der Waals surface area (Å²) < 4.78 is 68.2. The highest BCUT2D eigenvalue weighted by molar-refractivity contribution is 6.31. The van der Waals surface area contributed by atoms with E-state index in [1.165, 1.54) is 31.3 Å². The number of pyridine rings is 1. The van der Waals surface area contributed by atoms with Crippen LogP contribution in [0.25, 0.3) is 0 Å². The second-order valence-corrected chi connectivity index (χ2v) is 8.41. The van der Waals surface area contributed by atoms with Crippen LogP contribution in [0.2, 0.25) is 5.02 Å². The number of carbonyl (C=O) groups is 1. The maximum atomic E-state index is 14.3. The Bertz CT molecular complexity index is 1340. The van der Waals surface area contributed by atoms with E-state index in [-0.39, 0.29) is 34.3 Å². The van der Waals surface area contributed by atoms with E-state index >= 15 is 0 Å². The van der Waals surface area contributed by atoms with E-state index in [0.29, 0.717) is 0 Å². The van der Waals surface area contributed by atoms with Gasteiger partial charge >= 0.3 is 12.1 Å². The van der Waals surface area contributed by atoms with Gasteiger partial charge in [0.25, 0.3) is 0 Å². The van der Waals surface area contributed by atoms with Gasteiger partial charge in [-0.25, -0.2) is 9.18 Å². The van der Waals surface area contributed by atoms with E-state index in [1.54, 1.807) is 6.92 Å². The van der Waals surface area contributed by atoms with Crippen molar-refractivity contribution in [2.45, 2.75) is 31.5 Å². The second kappa shape index (κ2) is 10.3. The summed E-state index contributed by atoms with van der Waals surface area (Å²) in [5.41, 5.74) is -4.99. The zero-order chi connectivity index (χ0) is 26.8.